The van der Waals surface area contributed by atoms with Crippen LogP contribution in [-0.4, -0.2) is 29.1 Å². The minimum Gasteiger partial charge on any atom is -0.388 e. The van der Waals surface area contributed by atoms with Gasteiger partial charge in [0.15, 0.2) is 0 Å². The number of aliphatic hydroxyl groups is 1. The number of rotatable bonds is 4. The van der Waals surface area contributed by atoms with Crippen LogP contribution >= 0.6 is 0 Å². The quantitative estimate of drug-likeness (QED) is 0.747. The predicted octanol–water partition coefficient (Wildman–Crippen LogP) is 2.56. The first-order valence-corrected chi connectivity index (χ1v) is 8.32. The molecule has 1 aliphatic carbocycles. The Morgan fingerprint density at radius 3 is 2.43 bits per heavy atom. The summed E-state index contributed by atoms with van der Waals surface area (Å²) in [5.41, 5.74) is 0.767. The molecule has 0 bridgehead atoms. The highest BCUT2D eigenvalue weighted by Gasteiger charge is 2.30. The van der Waals surface area contributed by atoms with Gasteiger partial charge in [-0.05, 0) is 30.4 Å². The highest BCUT2D eigenvalue weighted by atomic mass is 16.3. The summed E-state index contributed by atoms with van der Waals surface area (Å²) in [7, 11) is 0. The first-order valence-electron chi connectivity index (χ1n) is 8.32. The molecule has 0 aromatic heterocycles. The van der Waals surface area contributed by atoms with Gasteiger partial charge in [0.1, 0.15) is 0 Å². The molecule has 0 spiro atoms. The largest absolute Gasteiger partial charge is 0.388 e. The van der Waals surface area contributed by atoms with Crippen molar-refractivity contribution in [1.29, 1.82) is 0 Å². The van der Waals surface area contributed by atoms with Gasteiger partial charge in [-0.15, -0.1) is 0 Å². The third kappa shape index (κ3) is 4.79. The van der Waals surface area contributed by atoms with Crippen molar-refractivity contribution >= 4 is 17.5 Å². The van der Waals surface area contributed by atoms with E-state index in [1.165, 1.54) is 0 Å². The Morgan fingerprint density at radius 1 is 1.13 bits per heavy atom. The molecule has 0 atom stereocenters. The second kappa shape index (κ2) is 7.59. The van der Waals surface area contributed by atoms with Crippen molar-refractivity contribution in [2.75, 3.05) is 11.9 Å². The smallest absolute Gasteiger partial charge is 0.313 e. The van der Waals surface area contributed by atoms with Gasteiger partial charge in [-0.3, -0.25) is 9.59 Å². The third-order valence-corrected chi connectivity index (χ3v) is 4.40. The van der Waals surface area contributed by atoms with E-state index in [2.05, 4.69) is 10.6 Å². The number of carbonyl (C=O) groups is 2. The average Bonchev–Trinajstić information content (AvgIpc) is 2.53. The highest BCUT2D eigenvalue weighted by molar-refractivity contribution is 6.39. The Bertz CT molecular complexity index is 563. The van der Waals surface area contributed by atoms with Crippen molar-refractivity contribution in [3.63, 3.8) is 0 Å². The number of nitrogens with one attached hydrogen (secondary N) is 2. The van der Waals surface area contributed by atoms with Gasteiger partial charge in [-0.25, -0.2) is 0 Å². The van der Waals surface area contributed by atoms with Crippen molar-refractivity contribution in [3.8, 4) is 0 Å². The molecule has 0 unspecified atom stereocenters. The van der Waals surface area contributed by atoms with E-state index in [0.717, 1.165) is 24.8 Å². The molecule has 0 heterocycles. The van der Waals surface area contributed by atoms with Crippen LogP contribution in [0, 0.1) is 0 Å². The molecule has 2 rings (SSSR count). The predicted molar refractivity (Wildman–Crippen MR) is 90.2 cm³/mol. The number of anilines is 1. The molecule has 0 radical (unpaired) electrons. The number of benzene rings is 1. The summed E-state index contributed by atoms with van der Waals surface area (Å²) in [5.74, 6) is -1.16. The van der Waals surface area contributed by atoms with Gasteiger partial charge < -0.3 is 15.7 Å². The fourth-order valence-corrected chi connectivity index (χ4v) is 3.01. The van der Waals surface area contributed by atoms with Crippen molar-refractivity contribution < 1.29 is 14.7 Å². The zero-order valence-electron chi connectivity index (χ0n) is 13.9. The molecule has 1 aliphatic rings. The SMILES string of the molecule is CC(C)c1ccccc1NC(=O)C(=O)NCC1(O)CCCCC1. The van der Waals surface area contributed by atoms with E-state index in [-0.39, 0.29) is 12.5 Å². The molecule has 3 N–H and O–H groups in total. The number of amides is 2. The second-order valence-corrected chi connectivity index (χ2v) is 6.66. The van der Waals surface area contributed by atoms with E-state index in [0.29, 0.717) is 18.5 Å². The van der Waals surface area contributed by atoms with Crippen molar-refractivity contribution in [2.45, 2.75) is 57.5 Å². The summed E-state index contributed by atoms with van der Waals surface area (Å²) in [4.78, 5) is 24.0. The lowest BCUT2D eigenvalue weighted by Gasteiger charge is -2.31. The molecule has 2 amide bonds. The summed E-state index contributed by atoms with van der Waals surface area (Å²) in [6.07, 6.45) is 4.37. The fourth-order valence-electron chi connectivity index (χ4n) is 3.01. The van der Waals surface area contributed by atoms with Crippen LogP contribution < -0.4 is 10.6 Å². The normalized spacial score (nSPS) is 16.9. The van der Waals surface area contributed by atoms with Gasteiger partial charge in [-0.2, -0.15) is 0 Å². The van der Waals surface area contributed by atoms with Crippen LogP contribution in [0.15, 0.2) is 24.3 Å². The van der Waals surface area contributed by atoms with Gasteiger partial charge in [0, 0.05) is 12.2 Å². The van der Waals surface area contributed by atoms with Gasteiger partial charge >= 0.3 is 11.8 Å². The first-order chi connectivity index (χ1) is 10.9. The molecule has 126 valence electrons. The molecule has 5 nitrogen and oxygen atoms in total. The van der Waals surface area contributed by atoms with Crippen LogP contribution in [0.3, 0.4) is 0 Å². The maximum atomic E-state index is 12.1. The molecular formula is C18H26N2O3. The van der Waals surface area contributed by atoms with E-state index in [4.69, 9.17) is 0 Å². The van der Waals surface area contributed by atoms with Crippen LogP contribution in [0.4, 0.5) is 5.69 Å². The lowest BCUT2D eigenvalue weighted by atomic mass is 9.85. The summed E-state index contributed by atoms with van der Waals surface area (Å²) >= 11 is 0. The van der Waals surface area contributed by atoms with Crippen LogP contribution in [0.5, 0.6) is 0 Å². The molecule has 1 fully saturated rings. The van der Waals surface area contributed by atoms with Gasteiger partial charge in [0.25, 0.3) is 0 Å². The summed E-state index contributed by atoms with van der Waals surface area (Å²) in [5, 5.41) is 15.6. The van der Waals surface area contributed by atoms with Gasteiger partial charge in [0.2, 0.25) is 0 Å². The van der Waals surface area contributed by atoms with Crippen LogP contribution in [0.1, 0.15) is 57.4 Å². The van der Waals surface area contributed by atoms with Crippen LogP contribution in [0.2, 0.25) is 0 Å². The maximum absolute atomic E-state index is 12.1. The zero-order valence-corrected chi connectivity index (χ0v) is 13.9. The monoisotopic (exact) mass is 318 g/mol. The summed E-state index contributed by atoms with van der Waals surface area (Å²) in [6, 6.07) is 7.45. The van der Waals surface area contributed by atoms with Crippen molar-refractivity contribution in [2.24, 2.45) is 0 Å². The Hall–Kier alpha value is -1.88. The van der Waals surface area contributed by atoms with E-state index in [9.17, 15) is 14.7 Å². The molecule has 0 aliphatic heterocycles. The molecular weight excluding hydrogens is 292 g/mol. The highest BCUT2D eigenvalue weighted by Crippen LogP contribution is 2.27. The number of carbonyl (C=O) groups excluding carboxylic acids is 2. The Kier molecular flexibility index (Phi) is 5.77. The Labute approximate surface area is 137 Å². The molecule has 1 saturated carbocycles. The Morgan fingerprint density at radius 2 is 1.78 bits per heavy atom. The van der Waals surface area contributed by atoms with Crippen molar-refractivity contribution in [3.05, 3.63) is 29.8 Å². The fraction of sp³-hybridized carbons (Fsp3) is 0.556. The van der Waals surface area contributed by atoms with Crippen molar-refractivity contribution in [1.82, 2.24) is 5.32 Å². The lowest BCUT2D eigenvalue weighted by Crippen LogP contribution is -2.47. The second-order valence-electron chi connectivity index (χ2n) is 6.66. The van der Waals surface area contributed by atoms with E-state index in [1.54, 1.807) is 6.07 Å². The van der Waals surface area contributed by atoms with E-state index in [1.807, 2.05) is 32.0 Å². The van der Waals surface area contributed by atoms with Gasteiger partial charge in [0.05, 0.1) is 5.60 Å². The standard InChI is InChI=1S/C18H26N2O3/c1-13(2)14-8-4-5-9-15(14)20-17(22)16(21)19-12-18(23)10-6-3-7-11-18/h4-5,8-9,13,23H,3,6-7,10-12H2,1-2H3,(H,19,21)(H,20,22). The number of para-hydroxylation sites is 1. The number of hydrogen-bond donors (Lipinski definition) is 3. The topological polar surface area (TPSA) is 78.4 Å². The molecule has 5 heteroatoms. The maximum Gasteiger partial charge on any atom is 0.313 e. The molecule has 1 aromatic carbocycles. The number of hydrogen-bond acceptors (Lipinski definition) is 3. The van der Waals surface area contributed by atoms with Gasteiger partial charge in [-0.1, -0.05) is 51.3 Å². The summed E-state index contributed by atoms with van der Waals surface area (Å²) in [6.45, 7) is 4.19. The average molecular weight is 318 g/mol. The molecule has 0 saturated heterocycles. The van der Waals surface area contributed by atoms with Crippen LogP contribution in [-0.2, 0) is 9.59 Å². The minimum absolute atomic E-state index is 0.130. The molecule has 23 heavy (non-hydrogen) atoms. The Balaban J connectivity index is 1.92. The minimum atomic E-state index is -0.871. The van der Waals surface area contributed by atoms with E-state index >= 15 is 0 Å². The summed E-state index contributed by atoms with van der Waals surface area (Å²) < 4.78 is 0. The third-order valence-electron chi connectivity index (χ3n) is 4.40. The van der Waals surface area contributed by atoms with E-state index < -0.39 is 17.4 Å². The lowest BCUT2D eigenvalue weighted by molar-refractivity contribution is -0.137. The first kappa shape index (κ1) is 17.5. The zero-order chi connectivity index (χ0) is 16.9. The molecule has 1 aromatic rings. The van der Waals surface area contributed by atoms with Crippen LogP contribution in [0.25, 0.3) is 0 Å².